The summed E-state index contributed by atoms with van der Waals surface area (Å²) >= 11 is 0. The van der Waals surface area contributed by atoms with Crippen LogP contribution in [0.25, 0.3) is 0 Å². The van der Waals surface area contributed by atoms with Crippen molar-refractivity contribution in [3.8, 4) is 0 Å². The highest BCUT2D eigenvalue weighted by molar-refractivity contribution is 7.92. The first-order chi connectivity index (χ1) is 5.47. The van der Waals surface area contributed by atoms with Crippen molar-refractivity contribution in [3.05, 3.63) is 30.1 Å². The van der Waals surface area contributed by atoms with Crippen LogP contribution in [0.15, 0.2) is 28.6 Å². The third-order valence-electron chi connectivity index (χ3n) is 1.15. The molecule has 0 aromatic heterocycles. The van der Waals surface area contributed by atoms with E-state index in [9.17, 15) is 8.60 Å². The molecule has 0 heterocycles. The maximum absolute atomic E-state index is 12.4. The fourth-order valence-electron chi connectivity index (χ4n) is 0.756. The lowest BCUT2D eigenvalue weighted by atomic mass is 10.3. The zero-order chi connectivity index (χ0) is 9.19. The summed E-state index contributed by atoms with van der Waals surface area (Å²) in [5, 5.41) is 0. The number of rotatable bonds is 1. The molecule has 0 fully saturated rings. The maximum atomic E-state index is 12.4. The van der Waals surface area contributed by atoms with Gasteiger partial charge in [-0.1, -0.05) is 0 Å². The molecular weight excluding hydrogens is 177 g/mol. The number of hydrogen-bond acceptors (Lipinski definition) is 2. The monoisotopic (exact) mass is 187 g/mol. The van der Waals surface area contributed by atoms with Crippen molar-refractivity contribution in [1.82, 2.24) is 0 Å². The Morgan fingerprint density at radius 1 is 1.25 bits per heavy atom. The second-order valence-electron chi connectivity index (χ2n) is 2.75. The van der Waals surface area contributed by atoms with E-state index in [1.54, 1.807) is 0 Å². The summed E-state index contributed by atoms with van der Waals surface area (Å²) in [4.78, 5) is 0. The molecule has 0 unspecified atom stereocenters. The van der Waals surface area contributed by atoms with Crippen molar-refractivity contribution in [2.75, 3.05) is 12.5 Å². The summed E-state index contributed by atoms with van der Waals surface area (Å²) in [6, 6.07) is 5.60. The summed E-state index contributed by atoms with van der Waals surface area (Å²) < 4.78 is 27.5. The Balaban J connectivity index is 3.08. The Morgan fingerprint density at radius 2 is 1.75 bits per heavy atom. The molecule has 4 heteroatoms. The quantitative estimate of drug-likeness (QED) is 0.662. The molecule has 0 atom stereocenters. The summed E-state index contributed by atoms with van der Waals surface area (Å²) in [5.74, 6) is -0.312. The van der Waals surface area contributed by atoms with Crippen molar-refractivity contribution in [1.29, 1.82) is 0 Å². The van der Waals surface area contributed by atoms with E-state index in [4.69, 9.17) is 0 Å². The van der Waals surface area contributed by atoms with Crippen LogP contribution in [0.3, 0.4) is 0 Å². The Bertz CT molecular complexity index is 369. The molecule has 1 aromatic carbocycles. The standard InChI is InChI=1S/C8H10FNOS/c1-12(2,11)10-8-5-3-7(9)4-6-8/h3-6H,1-2H3. The zero-order valence-corrected chi connectivity index (χ0v) is 7.77. The Kier molecular flexibility index (Phi) is 2.47. The topological polar surface area (TPSA) is 29.4 Å². The predicted octanol–water partition coefficient (Wildman–Crippen LogP) is 2.18. The number of nitrogens with zero attached hydrogens (tertiary/aromatic N) is 1. The molecule has 0 saturated carbocycles. The van der Waals surface area contributed by atoms with Crippen LogP contribution in [0.1, 0.15) is 0 Å². The minimum absolute atomic E-state index is 0.312. The van der Waals surface area contributed by atoms with Crippen LogP contribution in [0.2, 0.25) is 0 Å². The molecule has 1 aromatic rings. The average molecular weight is 187 g/mol. The molecule has 0 bridgehead atoms. The van der Waals surface area contributed by atoms with Crippen LogP contribution >= 0.6 is 0 Å². The number of benzene rings is 1. The van der Waals surface area contributed by atoms with Gasteiger partial charge in [-0.15, -0.1) is 0 Å². The lowest BCUT2D eigenvalue weighted by Crippen LogP contribution is -1.88. The molecule has 0 amide bonds. The van der Waals surface area contributed by atoms with Gasteiger partial charge < -0.3 is 0 Å². The summed E-state index contributed by atoms with van der Waals surface area (Å²) in [6.45, 7) is 0. The van der Waals surface area contributed by atoms with Gasteiger partial charge >= 0.3 is 0 Å². The predicted molar refractivity (Wildman–Crippen MR) is 48.5 cm³/mol. The number of hydrogen-bond donors (Lipinski definition) is 0. The zero-order valence-electron chi connectivity index (χ0n) is 6.95. The fourth-order valence-corrected chi connectivity index (χ4v) is 1.39. The third-order valence-corrected chi connectivity index (χ3v) is 1.80. The van der Waals surface area contributed by atoms with Crippen molar-refractivity contribution < 1.29 is 8.60 Å². The van der Waals surface area contributed by atoms with E-state index in [-0.39, 0.29) is 5.82 Å². The summed E-state index contributed by atoms with van der Waals surface area (Å²) in [6.07, 6.45) is 3.08. The Hall–Kier alpha value is -0.900. The molecule has 0 aliphatic rings. The minimum Gasteiger partial charge on any atom is -0.250 e. The highest BCUT2D eigenvalue weighted by atomic mass is 32.2. The normalized spacial score (nSPS) is 11.2. The van der Waals surface area contributed by atoms with E-state index in [0.717, 1.165) is 0 Å². The van der Waals surface area contributed by atoms with Gasteiger partial charge in [-0.05, 0) is 24.3 Å². The first-order valence-electron chi connectivity index (χ1n) is 3.40. The number of halogens is 1. The lowest BCUT2D eigenvalue weighted by Gasteiger charge is -1.95. The summed E-state index contributed by atoms with van der Waals surface area (Å²) in [5.41, 5.74) is 0.548. The van der Waals surface area contributed by atoms with Crippen LogP contribution < -0.4 is 0 Å². The maximum Gasteiger partial charge on any atom is 0.123 e. The Labute approximate surface area is 71.6 Å². The molecule has 1 rings (SSSR count). The van der Waals surface area contributed by atoms with E-state index < -0.39 is 9.73 Å². The molecule has 0 N–H and O–H groups in total. The van der Waals surface area contributed by atoms with Gasteiger partial charge in [0.1, 0.15) is 5.82 Å². The molecule has 66 valence electrons. The van der Waals surface area contributed by atoms with Crippen LogP contribution in [-0.2, 0) is 9.73 Å². The molecular formula is C8H10FNOS. The molecule has 0 saturated heterocycles. The molecule has 12 heavy (non-hydrogen) atoms. The van der Waals surface area contributed by atoms with Crippen molar-refractivity contribution >= 4 is 15.4 Å². The first-order valence-corrected chi connectivity index (χ1v) is 5.73. The smallest absolute Gasteiger partial charge is 0.123 e. The highest BCUT2D eigenvalue weighted by Crippen LogP contribution is 2.13. The van der Waals surface area contributed by atoms with E-state index in [1.807, 2.05) is 0 Å². The highest BCUT2D eigenvalue weighted by Gasteiger charge is 1.93. The molecule has 0 spiro atoms. The van der Waals surface area contributed by atoms with Gasteiger partial charge in [0, 0.05) is 22.2 Å². The average Bonchev–Trinajstić information content (AvgIpc) is 1.91. The summed E-state index contributed by atoms with van der Waals surface area (Å²) in [7, 11) is -2.14. The fraction of sp³-hybridized carbons (Fsp3) is 0.250. The van der Waals surface area contributed by atoms with Crippen molar-refractivity contribution in [3.63, 3.8) is 0 Å². The van der Waals surface area contributed by atoms with Gasteiger partial charge in [0.2, 0.25) is 0 Å². The van der Waals surface area contributed by atoms with Gasteiger partial charge in [0.25, 0.3) is 0 Å². The van der Waals surface area contributed by atoms with Crippen LogP contribution in [-0.4, -0.2) is 16.7 Å². The van der Waals surface area contributed by atoms with Gasteiger partial charge in [-0.3, -0.25) is 0 Å². The van der Waals surface area contributed by atoms with E-state index in [1.165, 1.54) is 36.8 Å². The lowest BCUT2D eigenvalue weighted by molar-refractivity contribution is 0.628. The largest absolute Gasteiger partial charge is 0.250 e. The Morgan fingerprint density at radius 3 is 2.17 bits per heavy atom. The van der Waals surface area contributed by atoms with Gasteiger partial charge in [0.05, 0.1) is 5.69 Å². The van der Waals surface area contributed by atoms with E-state index in [2.05, 4.69) is 4.36 Å². The van der Waals surface area contributed by atoms with Gasteiger partial charge in [-0.25, -0.2) is 8.60 Å². The van der Waals surface area contributed by atoms with Gasteiger partial charge in [0.15, 0.2) is 0 Å². The molecule has 0 aliphatic heterocycles. The molecule has 2 nitrogen and oxygen atoms in total. The third kappa shape index (κ3) is 3.00. The minimum atomic E-state index is -2.14. The first kappa shape index (κ1) is 9.19. The van der Waals surface area contributed by atoms with E-state index in [0.29, 0.717) is 5.69 Å². The second kappa shape index (κ2) is 3.23. The van der Waals surface area contributed by atoms with E-state index >= 15 is 0 Å². The van der Waals surface area contributed by atoms with Crippen LogP contribution in [0.4, 0.5) is 10.1 Å². The van der Waals surface area contributed by atoms with Crippen LogP contribution in [0, 0.1) is 5.82 Å². The van der Waals surface area contributed by atoms with Gasteiger partial charge in [-0.2, -0.15) is 4.36 Å². The second-order valence-corrected chi connectivity index (χ2v) is 5.29. The molecule has 0 aliphatic carbocycles. The molecule has 0 radical (unpaired) electrons. The van der Waals surface area contributed by atoms with Crippen LogP contribution in [0.5, 0.6) is 0 Å². The van der Waals surface area contributed by atoms with Crippen molar-refractivity contribution in [2.45, 2.75) is 0 Å². The van der Waals surface area contributed by atoms with Crippen molar-refractivity contribution in [2.24, 2.45) is 4.36 Å². The SMILES string of the molecule is CS(C)(=O)=Nc1ccc(F)cc1.